The number of pyridine rings is 1. The third kappa shape index (κ3) is 4.14. The number of nitrogens with zero attached hydrogens (tertiary/aromatic N) is 4. The standard InChI is InChI=1S/C24H18BrFN6O/c1-14-20(23(33)29-19-7-2-3-12-27-19)21(16-5-4-6-17(25)13-16)32-24(28-14)30-22(31-32)15-8-10-18(26)11-9-15/h2-13,21H,1H3,(H,27,29,33)(H,28,30,31). The van der Waals surface area contributed by atoms with Gasteiger partial charge in [-0.05, 0) is 61.0 Å². The first-order chi connectivity index (χ1) is 16.0. The molecular formula is C24H18BrFN6O. The van der Waals surface area contributed by atoms with Gasteiger partial charge in [0, 0.05) is 21.9 Å². The van der Waals surface area contributed by atoms with Gasteiger partial charge in [-0.15, -0.1) is 5.10 Å². The zero-order valence-corrected chi connectivity index (χ0v) is 19.0. The molecule has 0 radical (unpaired) electrons. The van der Waals surface area contributed by atoms with Gasteiger partial charge in [0.15, 0.2) is 5.82 Å². The number of carbonyl (C=O) groups excluding carboxylic acids is 1. The highest BCUT2D eigenvalue weighted by atomic mass is 79.9. The second-order valence-electron chi connectivity index (χ2n) is 7.50. The number of hydrogen-bond acceptors (Lipinski definition) is 5. The van der Waals surface area contributed by atoms with Crippen LogP contribution in [0, 0.1) is 5.82 Å². The number of amides is 1. The van der Waals surface area contributed by atoms with Crippen LogP contribution in [0.3, 0.4) is 0 Å². The van der Waals surface area contributed by atoms with Crippen molar-refractivity contribution in [2.24, 2.45) is 0 Å². The molecule has 0 spiro atoms. The number of fused-ring (bicyclic) bond motifs is 1. The summed E-state index contributed by atoms with van der Waals surface area (Å²) in [5.74, 6) is 0.738. The van der Waals surface area contributed by atoms with E-state index >= 15 is 0 Å². The van der Waals surface area contributed by atoms with Crippen molar-refractivity contribution in [1.82, 2.24) is 19.7 Å². The lowest BCUT2D eigenvalue weighted by atomic mass is 9.95. The van der Waals surface area contributed by atoms with Crippen molar-refractivity contribution in [1.29, 1.82) is 0 Å². The minimum Gasteiger partial charge on any atom is -0.328 e. The average Bonchev–Trinajstić information content (AvgIpc) is 3.22. The van der Waals surface area contributed by atoms with Gasteiger partial charge in [0.25, 0.3) is 5.91 Å². The highest BCUT2D eigenvalue weighted by molar-refractivity contribution is 9.10. The van der Waals surface area contributed by atoms with E-state index in [1.165, 1.54) is 12.1 Å². The topological polar surface area (TPSA) is 84.7 Å². The SMILES string of the molecule is CC1=C(C(=O)Nc2ccccn2)C(c2cccc(Br)c2)n2nc(-c3ccc(F)cc3)nc2N1. The maximum absolute atomic E-state index is 13.4. The van der Waals surface area contributed by atoms with E-state index in [2.05, 4.69) is 41.6 Å². The lowest BCUT2D eigenvalue weighted by Crippen LogP contribution is -2.31. The maximum Gasteiger partial charge on any atom is 0.257 e. The summed E-state index contributed by atoms with van der Waals surface area (Å²) in [4.78, 5) is 22.2. The zero-order chi connectivity index (χ0) is 22.9. The molecule has 9 heteroatoms. The molecule has 0 saturated heterocycles. The summed E-state index contributed by atoms with van der Waals surface area (Å²) in [6, 6.07) is 18.5. The fourth-order valence-electron chi connectivity index (χ4n) is 3.77. The zero-order valence-electron chi connectivity index (χ0n) is 17.5. The van der Waals surface area contributed by atoms with Gasteiger partial charge in [0.2, 0.25) is 5.95 Å². The molecule has 0 bridgehead atoms. The number of benzene rings is 2. The predicted molar refractivity (Wildman–Crippen MR) is 127 cm³/mol. The fourth-order valence-corrected chi connectivity index (χ4v) is 4.19. The second-order valence-corrected chi connectivity index (χ2v) is 8.42. The molecule has 3 heterocycles. The first-order valence-electron chi connectivity index (χ1n) is 10.2. The van der Waals surface area contributed by atoms with Crippen LogP contribution in [-0.2, 0) is 4.79 Å². The molecular weight excluding hydrogens is 487 g/mol. The lowest BCUT2D eigenvalue weighted by Gasteiger charge is -2.28. The Morgan fingerprint density at radius 3 is 2.67 bits per heavy atom. The van der Waals surface area contributed by atoms with Gasteiger partial charge >= 0.3 is 0 Å². The molecule has 2 aromatic carbocycles. The molecule has 1 atom stereocenters. The molecule has 1 aliphatic heterocycles. The molecule has 2 N–H and O–H groups in total. The second kappa shape index (κ2) is 8.59. The number of halogens is 2. The van der Waals surface area contributed by atoms with Gasteiger partial charge in [0.1, 0.15) is 17.7 Å². The monoisotopic (exact) mass is 504 g/mol. The van der Waals surface area contributed by atoms with E-state index in [4.69, 9.17) is 0 Å². The van der Waals surface area contributed by atoms with E-state index in [9.17, 15) is 9.18 Å². The van der Waals surface area contributed by atoms with Crippen molar-refractivity contribution < 1.29 is 9.18 Å². The number of allylic oxidation sites excluding steroid dienone is 1. The van der Waals surface area contributed by atoms with E-state index in [-0.39, 0.29) is 11.7 Å². The highest BCUT2D eigenvalue weighted by Gasteiger charge is 2.34. The van der Waals surface area contributed by atoms with Gasteiger partial charge in [-0.3, -0.25) is 4.79 Å². The Morgan fingerprint density at radius 2 is 1.94 bits per heavy atom. The highest BCUT2D eigenvalue weighted by Crippen LogP contribution is 2.37. The largest absolute Gasteiger partial charge is 0.328 e. The Hall–Kier alpha value is -3.85. The summed E-state index contributed by atoms with van der Waals surface area (Å²) in [5.41, 5.74) is 2.67. The Labute approximate surface area is 197 Å². The van der Waals surface area contributed by atoms with Crippen LogP contribution < -0.4 is 10.6 Å². The molecule has 0 aliphatic carbocycles. The minimum absolute atomic E-state index is 0.298. The van der Waals surface area contributed by atoms with Crippen LogP contribution in [0.4, 0.5) is 16.2 Å². The average molecular weight is 505 g/mol. The van der Waals surface area contributed by atoms with E-state index in [1.807, 2.05) is 31.2 Å². The van der Waals surface area contributed by atoms with Crippen LogP contribution in [0.1, 0.15) is 18.5 Å². The lowest BCUT2D eigenvalue weighted by molar-refractivity contribution is -0.113. The van der Waals surface area contributed by atoms with Crippen LogP contribution in [0.2, 0.25) is 0 Å². The van der Waals surface area contributed by atoms with E-state index in [1.54, 1.807) is 41.2 Å². The molecule has 1 aliphatic rings. The van der Waals surface area contributed by atoms with Crippen molar-refractivity contribution in [3.8, 4) is 11.4 Å². The number of aromatic nitrogens is 4. The quantitative estimate of drug-likeness (QED) is 0.400. The molecule has 5 rings (SSSR count). The summed E-state index contributed by atoms with van der Waals surface area (Å²) in [6.45, 7) is 1.83. The van der Waals surface area contributed by atoms with Gasteiger partial charge in [0.05, 0.1) is 5.57 Å². The number of nitrogens with one attached hydrogen (secondary N) is 2. The van der Waals surface area contributed by atoms with E-state index in [0.29, 0.717) is 34.4 Å². The Bertz CT molecular complexity index is 1370. The van der Waals surface area contributed by atoms with E-state index in [0.717, 1.165) is 10.0 Å². The van der Waals surface area contributed by atoms with Gasteiger partial charge < -0.3 is 10.6 Å². The predicted octanol–water partition coefficient (Wildman–Crippen LogP) is 5.17. The Morgan fingerprint density at radius 1 is 1.12 bits per heavy atom. The summed E-state index contributed by atoms with van der Waals surface area (Å²) in [7, 11) is 0. The Balaban J connectivity index is 1.61. The van der Waals surface area contributed by atoms with Crippen LogP contribution in [0.25, 0.3) is 11.4 Å². The number of rotatable bonds is 4. The van der Waals surface area contributed by atoms with Crippen molar-refractivity contribution >= 4 is 33.6 Å². The third-order valence-electron chi connectivity index (χ3n) is 5.27. The minimum atomic E-state index is -0.538. The van der Waals surface area contributed by atoms with Gasteiger partial charge in [-0.1, -0.05) is 34.1 Å². The van der Waals surface area contributed by atoms with Crippen LogP contribution in [-0.4, -0.2) is 25.7 Å². The molecule has 2 aromatic heterocycles. The fraction of sp³-hybridized carbons (Fsp3) is 0.0833. The molecule has 1 amide bonds. The summed E-state index contributed by atoms with van der Waals surface area (Å²) in [5, 5.41) is 10.8. The number of carbonyl (C=O) groups is 1. The molecule has 0 saturated carbocycles. The van der Waals surface area contributed by atoms with Crippen molar-refractivity contribution in [2.45, 2.75) is 13.0 Å². The first kappa shape index (κ1) is 21.0. The van der Waals surface area contributed by atoms with Gasteiger partial charge in [-0.25, -0.2) is 14.1 Å². The summed E-state index contributed by atoms with van der Waals surface area (Å²) >= 11 is 3.52. The van der Waals surface area contributed by atoms with Crippen LogP contribution in [0.15, 0.2) is 88.7 Å². The maximum atomic E-state index is 13.4. The van der Waals surface area contributed by atoms with Gasteiger partial charge in [-0.2, -0.15) is 4.98 Å². The van der Waals surface area contributed by atoms with Crippen molar-refractivity contribution in [3.63, 3.8) is 0 Å². The molecule has 0 fully saturated rings. The first-order valence-corrected chi connectivity index (χ1v) is 11.0. The number of anilines is 2. The van der Waals surface area contributed by atoms with Crippen molar-refractivity contribution in [2.75, 3.05) is 10.6 Å². The number of hydrogen-bond donors (Lipinski definition) is 2. The van der Waals surface area contributed by atoms with Crippen molar-refractivity contribution in [3.05, 3.63) is 100 Å². The third-order valence-corrected chi connectivity index (χ3v) is 5.76. The van der Waals surface area contributed by atoms with Crippen LogP contribution in [0.5, 0.6) is 0 Å². The smallest absolute Gasteiger partial charge is 0.257 e. The normalized spacial score (nSPS) is 15.1. The summed E-state index contributed by atoms with van der Waals surface area (Å²) < 4.78 is 16.0. The molecule has 7 nitrogen and oxygen atoms in total. The molecule has 1 unspecified atom stereocenters. The van der Waals surface area contributed by atoms with E-state index < -0.39 is 6.04 Å². The molecule has 4 aromatic rings. The molecule has 33 heavy (non-hydrogen) atoms. The van der Waals surface area contributed by atoms with Crippen LogP contribution >= 0.6 is 15.9 Å². The Kier molecular flexibility index (Phi) is 5.47. The summed E-state index contributed by atoms with van der Waals surface area (Å²) in [6.07, 6.45) is 1.62. The molecule has 164 valence electrons.